The summed E-state index contributed by atoms with van der Waals surface area (Å²) in [4.78, 5) is 4.70. The molecule has 4 heteroatoms. The lowest BCUT2D eigenvalue weighted by molar-refractivity contribution is 0.669. The fourth-order valence-corrected chi connectivity index (χ4v) is 19.2. The highest BCUT2D eigenvalue weighted by molar-refractivity contribution is 6.12. The van der Waals surface area contributed by atoms with Crippen molar-refractivity contribution < 1.29 is 8.83 Å². The molecule has 0 aliphatic carbocycles. The number of anilines is 6. The minimum atomic E-state index is 0.902. The van der Waals surface area contributed by atoms with Crippen LogP contribution in [0.4, 0.5) is 34.1 Å². The second kappa shape index (κ2) is 33.0. The zero-order chi connectivity index (χ0) is 84.8. The Labute approximate surface area is 743 Å². The summed E-state index contributed by atoms with van der Waals surface area (Å²) in [5.74, 6) is 0. The van der Waals surface area contributed by atoms with E-state index in [1.54, 1.807) is 0 Å². The number of rotatable bonds is 16. The van der Waals surface area contributed by atoms with Crippen LogP contribution < -0.4 is 9.80 Å². The molecule has 0 saturated carbocycles. The van der Waals surface area contributed by atoms with Crippen LogP contribution in [0.1, 0.15) is 0 Å². The third-order valence-electron chi connectivity index (χ3n) is 25.4. The third-order valence-corrected chi connectivity index (χ3v) is 25.4. The molecular weight excluding hydrogens is 1550 g/mol. The van der Waals surface area contributed by atoms with Gasteiger partial charge in [-0.1, -0.05) is 400 Å². The molecule has 0 fully saturated rings. The van der Waals surface area contributed by atoms with Gasteiger partial charge in [0.05, 0.1) is 0 Å². The molecule has 4 nitrogen and oxygen atoms in total. The van der Waals surface area contributed by atoms with Gasteiger partial charge in [0.25, 0.3) is 0 Å². The van der Waals surface area contributed by atoms with E-state index in [1.165, 1.54) is 132 Å². The summed E-state index contributed by atoms with van der Waals surface area (Å²) in [5.41, 5.74) is 33.7. The first-order valence-corrected chi connectivity index (χ1v) is 43.8. The number of para-hydroxylation sites is 4. The average molecular weight is 1630 g/mol. The predicted octanol–water partition coefficient (Wildman–Crippen LogP) is 35.4. The number of hydrogen-bond donors (Lipinski definition) is 0. The fraction of sp³-hybridized carbons (Fsp3) is 0. The van der Waals surface area contributed by atoms with Gasteiger partial charge < -0.3 is 18.6 Å². The minimum Gasteiger partial charge on any atom is -0.455 e. The first-order valence-electron chi connectivity index (χ1n) is 43.8. The van der Waals surface area contributed by atoms with E-state index in [0.717, 1.165) is 100 Å². The van der Waals surface area contributed by atoms with Crippen molar-refractivity contribution in [3.63, 3.8) is 0 Å². The first-order chi connectivity index (χ1) is 63.5. The summed E-state index contributed by atoms with van der Waals surface area (Å²) in [7, 11) is 0. The van der Waals surface area contributed by atoms with E-state index in [0.29, 0.717) is 0 Å². The van der Waals surface area contributed by atoms with E-state index in [9.17, 15) is 0 Å². The molecule has 2 aromatic heterocycles. The van der Waals surface area contributed by atoms with E-state index in [2.05, 4.69) is 483 Å². The van der Waals surface area contributed by atoms with Gasteiger partial charge in [0.1, 0.15) is 22.3 Å². The van der Waals surface area contributed by atoms with E-state index in [4.69, 9.17) is 8.83 Å². The molecule has 24 aromatic rings. The zero-order valence-electron chi connectivity index (χ0n) is 70.1. The predicted molar refractivity (Wildman–Crippen MR) is 541 cm³/mol. The second-order valence-corrected chi connectivity index (χ2v) is 32.9. The summed E-state index contributed by atoms with van der Waals surface area (Å²) in [5, 5.41) is 14.5. The Morgan fingerprint density at radius 3 is 0.688 bits per heavy atom. The van der Waals surface area contributed by atoms with Gasteiger partial charge in [-0.15, -0.1) is 0 Å². The van der Waals surface area contributed by atoms with E-state index >= 15 is 0 Å². The summed E-state index contributed by atoms with van der Waals surface area (Å²) in [6.45, 7) is 0. The molecule has 600 valence electrons. The number of nitrogens with zero attached hydrogens (tertiary/aromatic N) is 2. The Morgan fingerprint density at radius 2 is 0.344 bits per heavy atom. The van der Waals surface area contributed by atoms with Gasteiger partial charge in [0.15, 0.2) is 0 Å². The second-order valence-electron chi connectivity index (χ2n) is 32.9. The molecule has 0 N–H and O–H groups in total. The summed E-state index contributed by atoms with van der Waals surface area (Å²) >= 11 is 0. The minimum absolute atomic E-state index is 0.902. The number of fused-ring (bicyclic) bond motifs is 10. The van der Waals surface area contributed by atoms with Crippen molar-refractivity contribution in [1.29, 1.82) is 0 Å². The smallest absolute Gasteiger partial charge is 0.143 e. The van der Waals surface area contributed by atoms with Crippen LogP contribution in [0.3, 0.4) is 0 Å². The van der Waals surface area contributed by atoms with Gasteiger partial charge in [-0.3, -0.25) is 0 Å². The fourth-order valence-electron chi connectivity index (χ4n) is 19.2. The normalized spacial score (nSPS) is 11.4. The molecule has 0 aliphatic rings. The van der Waals surface area contributed by atoms with Gasteiger partial charge in [0, 0.05) is 66.8 Å². The van der Waals surface area contributed by atoms with Gasteiger partial charge in [-0.2, -0.15) is 0 Å². The van der Waals surface area contributed by atoms with Crippen LogP contribution >= 0.6 is 0 Å². The molecule has 0 amide bonds. The van der Waals surface area contributed by atoms with Gasteiger partial charge in [-0.05, 0) is 240 Å². The molecule has 0 aliphatic heterocycles. The van der Waals surface area contributed by atoms with Crippen molar-refractivity contribution in [2.24, 2.45) is 0 Å². The van der Waals surface area contributed by atoms with Crippen LogP contribution in [0.5, 0.6) is 0 Å². The van der Waals surface area contributed by atoms with Crippen LogP contribution in [0.15, 0.2) is 506 Å². The highest BCUT2D eigenvalue weighted by Gasteiger charge is 2.22. The Morgan fingerprint density at radius 1 is 0.125 bits per heavy atom. The van der Waals surface area contributed by atoms with Crippen molar-refractivity contribution in [2.75, 3.05) is 9.80 Å². The monoisotopic (exact) mass is 1630 g/mol. The van der Waals surface area contributed by atoms with Crippen molar-refractivity contribution >= 4 is 121 Å². The molecule has 24 rings (SSSR count). The topological polar surface area (TPSA) is 32.8 Å². The van der Waals surface area contributed by atoms with Crippen LogP contribution in [0, 0.1) is 0 Å². The number of furan rings is 2. The molecule has 0 spiro atoms. The third kappa shape index (κ3) is 14.2. The molecule has 0 radical (unpaired) electrons. The number of hydrogen-bond acceptors (Lipinski definition) is 4. The quantitative estimate of drug-likeness (QED) is 0.0965. The SMILES string of the molecule is c1cc(-c2ccc(N(c3ccc(-c4cccc(-c5cccc6ccccc56)c4)cc3)c3ccc(-c4cccc5c4oc4ccccc45)cc3)cc2)cc(-c2cccc3ccccc23)c1.c1ccc(-c2cccc3ccccc23)c(-c2ccc(N(c3ccc(-c4ccccc4-c4cccc5ccccc45)cc3)c3ccc(-c4cccc5c4oc4ccccc45)cc3)cc2)c1. The van der Waals surface area contributed by atoms with Gasteiger partial charge >= 0.3 is 0 Å². The van der Waals surface area contributed by atoms with Crippen molar-refractivity contribution in [3.8, 4) is 111 Å². The lowest BCUT2D eigenvalue weighted by atomic mass is 9.91. The Balaban J connectivity index is 0.000000146. The van der Waals surface area contributed by atoms with Crippen LogP contribution in [-0.4, -0.2) is 0 Å². The molecule has 2 heterocycles. The summed E-state index contributed by atoms with van der Waals surface area (Å²) in [6.07, 6.45) is 0. The molecule has 0 bridgehead atoms. The van der Waals surface area contributed by atoms with Crippen molar-refractivity contribution in [1.82, 2.24) is 0 Å². The van der Waals surface area contributed by atoms with Crippen molar-refractivity contribution in [2.45, 2.75) is 0 Å². The van der Waals surface area contributed by atoms with Gasteiger partial charge in [-0.25, -0.2) is 0 Å². The Bertz CT molecular complexity index is 7930. The maximum absolute atomic E-state index is 6.45. The standard InChI is InChI=1S/2C62H41NO/c1-3-18-50-42(14-1)16-11-26-57(50)55-22-7-5-20-52(55)44-30-36-47(37-31-44)63(49-40-34-46(35-41-49)54-25-13-28-60-59-24-9-10-29-61(59)64-62(54)60)48-38-32-45(33-39-48)53-21-6-8-23-56(53)58-27-12-17-43-15-2-4-19-51(43)58;1-3-20-54-44(12-1)14-9-23-56(54)49-18-7-16-47(40-49)42-28-34-51(35-29-42)63(53-38-32-46(33-39-53)58-25-11-26-60-59-22-5-6-27-61(59)64-62(58)60)52-36-30-43(31-37-52)48-17-8-19-50(41-48)57-24-10-15-45-13-2-4-21-55(45)57/h2*1-41H. The molecule has 128 heavy (non-hydrogen) atoms. The van der Waals surface area contributed by atoms with Gasteiger partial charge in [0.2, 0.25) is 0 Å². The van der Waals surface area contributed by atoms with Crippen LogP contribution in [0.2, 0.25) is 0 Å². The average Bonchev–Trinajstić information content (AvgIpc) is 1.61. The Hall–Kier alpha value is -16.9. The molecule has 0 unspecified atom stereocenters. The lowest BCUT2D eigenvalue weighted by Gasteiger charge is -2.26. The van der Waals surface area contributed by atoms with Crippen molar-refractivity contribution in [3.05, 3.63) is 497 Å². The van der Waals surface area contributed by atoms with E-state index in [1.807, 2.05) is 24.3 Å². The highest BCUT2D eigenvalue weighted by atomic mass is 16.3. The molecular formula is C124H82N2O2. The molecule has 0 saturated heterocycles. The molecule has 0 atom stereocenters. The largest absolute Gasteiger partial charge is 0.455 e. The molecule has 22 aromatic carbocycles. The Kier molecular flexibility index (Phi) is 19.6. The maximum atomic E-state index is 6.45. The summed E-state index contributed by atoms with van der Waals surface area (Å²) in [6, 6.07) is 179. The number of benzene rings is 22. The lowest BCUT2D eigenvalue weighted by Crippen LogP contribution is -2.09. The van der Waals surface area contributed by atoms with E-state index in [-0.39, 0.29) is 0 Å². The van der Waals surface area contributed by atoms with E-state index < -0.39 is 0 Å². The van der Waals surface area contributed by atoms with Crippen LogP contribution in [0.25, 0.3) is 198 Å². The summed E-state index contributed by atoms with van der Waals surface area (Å²) < 4.78 is 12.9. The highest BCUT2D eigenvalue weighted by Crippen LogP contribution is 2.47. The maximum Gasteiger partial charge on any atom is 0.143 e. The zero-order valence-corrected chi connectivity index (χ0v) is 70.1. The van der Waals surface area contributed by atoms with Crippen LogP contribution in [-0.2, 0) is 0 Å². The first kappa shape index (κ1) is 76.0.